The SMILES string of the molecule is COC(=O)[C@H]1OC(=O)c2cc(O)c(O)c(O)c2[C@@H]1[C@H](CC(=O)O)C(=O)O[C@H]1[C@H](OC(=O)c2cc(O)c(O)c(O)c2)[C@@H](O)[C@H](OC(=O)c2cc(O)c(O)c(O)c2)O[C@@H]1COC(=O)c1cc(O)c(O)c(O)c1. The molecule has 0 radical (unpaired) electrons. The summed E-state index contributed by atoms with van der Waals surface area (Å²) in [5.74, 6) is -29.9. The minimum Gasteiger partial charge on any atom is -0.504 e. The maximum atomic E-state index is 14.7. The maximum absolute atomic E-state index is 14.7. The number of hydrogen-bond acceptors (Lipinski definition) is 27. The number of fused-ring (bicyclic) bond motifs is 1. The fourth-order valence-electron chi connectivity index (χ4n) is 7.23. The third-order valence-electron chi connectivity index (χ3n) is 10.6. The lowest BCUT2D eigenvalue weighted by Crippen LogP contribution is -2.62. The monoisotopic (exact) mass is 988 g/mol. The van der Waals surface area contributed by atoms with Gasteiger partial charge in [0.25, 0.3) is 0 Å². The van der Waals surface area contributed by atoms with Crippen molar-refractivity contribution < 1.29 is 138 Å². The van der Waals surface area contributed by atoms with Crippen LogP contribution in [0.2, 0.25) is 0 Å². The second-order valence-corrected chi connectivity index (χ2v) is 15.0. The number of carboxylic acid groups (broad SMARTS) is 1. The Morgan fingerprint density at radius 2 is 1.06 bits per heavy atom. The number of benzene rings is 4. The zero-order valence-electron chi connectivity index (χ0n) is 35.1. The van der Waals surface area contributed by atoms with Crippen LogP contribution in [0.1, 0.15) is 59.3 Å². The maximum Gasteiger partial charge on any atom is 0.347 e. The molecule has 4 aromatic rings. The van der Waals surface area contributed by atoms with Gasteiger partial charge in [0.05, 0.1) is 47.6 Å². The number of aliphatic carboxylic acids is 1. The number of aliphatic hydroxyl groups is 1. The molecular formula is C42H36O28. The molecule has 0 aromatic heterocycles. The van der Waals surface area contributed by atoms with Gasteiger partial charge < -0.3 is 105 Å². The summed E-state index contributed by atoms with van der Waals surface area (Å²) in [6, 6.07) is 3.87. The van der Waals surface area contributed by atoms with Crippen LogP contribution in [0, 0.1) is 5.92 Å². The average Bonchev–Trinajstić information content (AvgIpc) is 3.30. The van der Waals surface area contributed by atoms with Gasteiger partial charge in [-0.1, -0.05) is 0 Å². The van der Waals surface area contributed by atoms with Gasteiger partial charge in [-0.2, -0.15) is 0 Å². The first-order chi connectivity index (χ1) is 32.8. The first-order valence-corrected chi connectivity index (χ1v) is 19.5. The molecule has 0 bridgehead atoms. The van der Waals surface area contributed by atoms with E-state index in [1.54, 1.807) is 0 Å². The predicted molar refractivity (Wildman–Crippen MR) is 215 cm³/mol. The molecule has 372 valence electrons. The number of ether oxygens (including phenoxy) is 7. The number of methoxy groups -OCH3 is 1. The van der Waals surface area contributed by atoms with Gasteiger partial charge in [0.15, 0.2) is 81.6 Å². The van der Waals surface area contributed by atoms with Gasteiger partial charge in [-0.05, 0) is 42.5 Å². The number of cyclic esters (lactones) is 1. The van der Waals surface area contributed by atoms with Gasteiger partial charge in [-0.3, -0.25) is 9.59 Å². The number of aromatic hydroxyl groups is 12. The molecule has 2 aliphatic heterocycles. The van der Waals surface area contributed by atoms with Crippen molar-refractivity contribution in [3.05, 3.63) is 70.3 Å². The first kappa shape index (κ1) is 50.1. The molecule has 2 aliphatic rings. The third-order valence-corrected chi connectivity index (χ3v) is 10.6. The van der Waals surface area contributed by atoms with E-state index in [1.165, 1.54) is 0 Å². The lowest BCUT2D eigenvalue weighted by molar-refractivity contribution is -0.288. The quantitative estimate of drug-likeness (QED) is 0.0475. The lowest BCUT2D eigenvalue weighted by Gasteiger charge is -2.43. The molecule has 0 spiro atoms. The number of carbonyl (C=O) groups excluding carboxylic acids is 6. The molecule has 6 rings (SSSR count). The van der Waals surface area contributed by atoms with Gasteiger partial charge in [0.1, 0.15) is 12.7 Å². The van der Waals surface area contributed by atoms with E-state index in [1.807, 2.05) is 0 Å². The number of hydrogen-bond donors (Lipinski definition) is 14. The lowest BCUT2D eigenvalue weighted by atomic mass is 9.75. The fourth-order valence-corrected chi connectivity index (χ4v) is 7.23. The highest BCUT2D eigenvalue weighted by atomic mass is 16.7. The zero-order chi connectivity index (χ0) is 51.8. The van der Waals surface area contributed by atoms with Crippen molar-refractivity contribution in [2.75, 3.05) is 13.7 Å². The van der Waals surface area contributed by atoms with E-state index in [4.69, 9.17) is 28.4 Å². The highest BCUT2D eigenvalue weighted by Gasteiger charge is 2.55. The molecule has 1 saturated heterocycles. The fraction of sp³-hybridized carbons (Fsp3) is 0.262. The van der Waals surface area contributed by atoms with Crippen LogP contribution in [0.3, 0.4) is 0 Å². The van der Waals surface area contributed by atoms with Gasteiger partial charge >= 0.3 is 41.8 Å². The Kier molecular flexibility index (Phi) is 14.0. The molecule has 0 saturated carbocycles. The van der Waals surface area contributed by atoms with Crippen LogP contribution in [0.25, 0.3) is 0 Å². The molecule has 70 heavy (non-hydrogen) atoms. The predicted octanol–water partition coefficient (Wildman–Crippen LogP) is -0.0225. The Morgan fingerprint density at radius 3 is 1.53 bits per heavy atom. The molecule has 28 nitrogen and oxygen atoms in total. The van der Waals surface area contributed by atoms with Crippen molar-refractivity contribution in [1.82, 2.24) is 0 Å². The number of phenols is 12. The van der Waals surface area contributed by atoms with Crippen LogP contribution in [0.4, 0.5) is 0 Å². The Morgan fingerprint density at radius 1 is 0.600 bits per heavy atom. The van der Waals surface area contributed by atoms with Crippen molar-refractivity contribution >= 4 is 41.8 Å². The highest BCUT2D eigenvalue weighted by molar-refractivity contribution is 5.99. The van der Waals surface area contributed by atoms with Crippen LogP contribution >= 0.6 is 0 Å². The van der Waals surface area contributed by atoms with Crippen LogP contribution in [0.15, 0.2) is 42.5 Å². The van der Waals surface area contributed by atoms with E-state index in [9.17, 15) is 105 Å². The Bertz CT molecular complexity index is 2750. The normalized spacial score (nSPS) is 20.9. The summed E-state index contributed by atoms with van der Waals surface area (Å²) >= 11 is 0. The second-order valence-electron chi connectivity index (χ2n) is 15.0. The number of carbonyl (C=O) groups is 7. The summed E-state index contributed by atoms with van der Waals surface area (Å²) in [5, 5.41) is 143. The van der Waals surface area contributed by atoms with Crippen LogP contribution < -0.4 is 0 Å². The first-order valence-electron chi connectivity index (χ1n) is 19.5. The van der Waals surface area contributed by atoms with Crippen LogP contribution in [0.5, 0.6) is 69.0 Å². The van der Waals surface area contributed by atoms with Gasteiger partial charge in [-0.15, -0.1) is 0 Å². The largest absolute Gasteiger partial charge is 0.504 e. The number of carboxylic acids is 1. The summed E-state index contributed by atoms with van der Waals surface area (Å²) in [4.78, 5) is 93.8. The number of phenolic OH excluding ortho intramolecular Hbond substituents is 12. The van der Waals surface area contributed by atoms with E-state index in [2.05, 4.69) is 4.74 Å². The number of aliphatic hydroxyl groups excluding tert-OH is 1. The van der Waals surface area contributed by atoms with E-state index < -0.39 is 200 Å². The molecular weight excluding hydrogens is 952 g/mol. The summed E-state index contributed by atoms with van der Waals surface area (Å²) in [7, 11) is 0.762. The van der Waals surface area contributed by atoms with Gasteiger partial charge in [0, 0.05) is 5.56 Å². The summed E-state index contributed by atoms with van der Waals surface area (Å²) in [6.07, 6.45) is -16.3. The minimum absolute atomic E-state index is 0.518. The smallest absolute Gasteiger partial charge is 0.347 e. The van der Waals surface area contributed by atoms with Crippen molar-refractivity contribution in [3.8, 4) is 69.0 Å². The standard InChI is InChI=1S/C42H36O28/c1-64-41(63)34-26(25-14(39(61)68-34)8-22(49)30(55)31(25)56)15(9-24(50)51)40(62)67-33-23(10-65-36(58)11-2-16(43)27(52)17(44)3-11)66-42(70-38(60)13-6-20(47)29(54)21(48)7-13)32(57)35(33)69-37(59)12-4-18(45)28(53)19(46)5-12/h2-8,15,23,26,32-35,42-49,52-57H,9-10H2,1H3,(H,50,51)/t15-,23+,26-,32+,33+,34-,35+,42-/m0/s1. The number of esters is 6. The Labute approximate surface area is 387 Å². The molecule has 0 unspecified atom stereocenters. The third kappa shape index (κ3) is 9.73. The highest BCUT2D eigenvalue weighted by Crippen LogP contribution is 2.50. The molecule has 0 amide bonds. The summed E-state index contributed by atoms with van der Waals surface area (Å²) in [6.45, 7) is -1.32. The zero-order valence-corrected chi connectivity index (χ0v) is 35.1. The van der Waals surface area contributed by atoms with E-state index in [0.29, 0.717) is 42.5 Å². The average molecular weight is 989 g/mol. The van der Waals surface area contributed by atoms with Crippen molar-refractivity contribution in [3.63, 3.8) is 0 Å². The molecule has 28 heteroatoms. The van der Waals surface area contributed by atoms with Gasteiger partial charge in [0.2, 0.25) is 18.1 Å². The minimum atomic E-state index is -2.65. The topological polar surface area (TPSA) is 467 Å². The van der Waals surface area contributed by atoms with E-state index in [0.717, 1.165) is 7.11 Å². The molecule has 8 atom stereocenters. The molecule has 0 aliphatic carbocycles. The van der Waals surface area contributed by atoms with Crippen molar-refractivity contribution in [1.29, 1.82) is 0 Å². The van der Waals surface area contributed by atoms with E-state index in [-0.39, 0.29) is 0 Å². The second kappa shape index (κ2) is 19.5. The summed E-state index contributed by atoms with van der Waals surface area (Å²) < 4.78 is 37.1. The molecule has 2 heterocycles. The Hall–Kier alpha value is -9.31. The Balaban J connectivity index is 1.49. The van der Waals surface area contributed by atoms with Crippen LogP contribution in [-0.2, 0) is 47.5 Å². The van der Waals surface area contributed by atoms with Crippen LogP contribution in [-0.4, -0.2) is 164 Å². The van der Waals surface area contributed by atoms with Gasteiger partial charge in [-0.25, -0.2) is 24.0 Å². The van der Waals surface area contributed by atoms with Crippen molar-refractivity contribution in [2.24, 2.45) is 5.92 Å². The molecule has 4 aromatic carbocycles. The number of rotatable bonds is 13. The van der Waals surface area contributed by atoms with Crippen molar-refractivity contribution in [2.45, 2.75) is 49.1 Å². The molecule has 1 fully saturated rings. The van der Waals surface area contributed by atoms with E-state index >= 15 is 0 Å². The summed E-state index contributed by atoms with van der Waals surface area (Å²) in [5.41, 5.74) is -4.01. The molecule has 14 N–H and O–H groups in total.